The quantitative estimate of drug-likeness (QED) is 0.850. The maximum Gasteiger partial charge on any atom is 0.247 e. The van der Waals surface area contributed by atoms with Crippen LogP contribution in [0.15, 0.2) is 40.7 Å². The van der Waals surface area contributed by atoms with Gasteiger partial charge in [-0.15, -0.1) is 11.3 Å². The lowest BCUT2D eigenvalue weighted by Crippen LogP contribution is -2.31. The normalized spacial score (nSPS) is 11.8. The van der Waals surface area contributed by atoms with Crippen LogP contribution in [0.3, 0.4) is 0 Å². The molecule has 2 heterocycles. The van der Waals surface area contributed by atoms with Gasteiger partial charge >= 0.3 is 0 Å². The minimum Gasteiger partial charge on any atom is -0.369 e. The number of nitrogens with zero attached hydrogens (tertiary/aromatic N) is 2. The molecule has 21 heavy (non-hydrogen) atoms. The number of sulfonamides is 1. The van der Waals surface area contributed by atoms with Crippen LogP contribution in [-0.2, 0) is 16.6 Å². The van der Waals surface area contributed by atoms with E-state index in [4.69, 9.17) is 0 Å². The van der Waals surface area contributed by atoms with E-state index in [-0.39, 0.29) is 4.90 Å². The van der Waals surface area contributed by atoms with Gasteiger partial charge in [-0.05, 0) is 30.5 Å². The Labute approximate surface area is 129 Å². The second-order valence-electron chi connectivity index (χ2n) is 4.39. The number of thiophene rings is 1. The number of nitrogens with one attached hydrogen (secondary N) is 1. The van der Waals surface area contributed by atoms with E-state index < -0.39 is 10.0 Å². The summed E-state index contributed by atoms with van der Waals surface area (Å²) in [6, 6.07) is 7.11. The molecule has 0 atom stereocenters. The second-order valence-corrected chi connectivity index (χ2v) is 7.33. The Kier molecular flexibility index (Phi) is 5.33. The van der Waals surface area contributed by atoms with Crippen molar-refractivity contribution in [3.05, 3.63) is 40.7 Å². The largest absolute Gasteiger partial charge is 0.369 e. The van der Waals surface area contributed by atoms with Gasteiger partial charge in [0.05, 0.1) is 0 Å². The van der Waals surface area contributed by atoms with Gasteiger partial charge in [-0.1, -0.05) is 13.0 Å². The van der Waals surface area contributed by atoms with Crippen LogP contribution in [0.1, 0.15) is 18.7 Å². The predicted octanol–water partition coefficient (Wildman–Crippen LogP) is 2.79. The third kappa shape index (κ3) is 3.61. The van der Waals surface area contributed by atoms with Gasteiger partial charge in [0.2, 0.25) is 10.0 Å². The summed E-state index contributed by atoms with van der Waals surface area (Å²) in [7, 11) is -3.57. The SMILES string of the molecule is CCNc1ncccc1S(=O)(=O)N(CC)Cc1cccs1. The maximum absolute atomic E-state index is 12.8. The number of aromatic nitrogens is 1. The fourth-order valence-corrected chi connectivity index (χ4v) is 4.33. The summed E-state index contributed by atoms with van der Waals surface area (Å²) in [5.74, 6) is 0.407. The van der Waals surface area contributed by atoms with E-state index in [1.54, 1.807) is 29.7 Å². The highest BCUT2D eigenvalue weighted by Gasteiger charge is 2.26. The topological polar surface area (TPSA) is 62.3 Å². The number of hydrogen-bond acceptors (Lipinski definition) is 5. The molecule has 114 valence electrons. The number of pyridine rings is 1. The van der Waals surface area contributed by atoms with Crippen LogP contribution in [0.2, 0.25) is 0 Å². The summed E-state index contributed by atoms with van der Waals surface area (Å²) in [5, 5.41) is 4.95. The first-order valence-electron chi connectivity index (χ1n) is 6.81. The predicted molar refractivity (Wildman–Crippen MR) is 86.0 cm³/mol. The van der Waals surface area contributed by atoms with Gasteiger partial charge in [0.15, 0.2) is 0 Å². The molecule has 0 fully saturated rings. The smallest absolute Gasteiger partial charge is 0.247 e. The Morgan fingerprint density at radius 1 is 1.29 bits per heavy atom. The molecule has 7 heteroatoms. The molecule has 1 N–H and O–H groups in total. The highest BCUT2D eigenvalue weighted by Crippen LogP contribution is 2.24. The van der Waals surface area contributed by atoms with E-state index in [0.717, 1.165) is 4.88 Å². The molecule has 0 bridgehead atoms. The molecule has 0 radical (unpaired) electrons. The molecule has 0 saturated heterocycles. The minimum atomic E-state index is -3.57. The van der Waals surface area contributed by atoms with Gasteiger partial charge in [0, 0.05) is 30.7 Å². The van der Waals surface area contributed by atoms with Crippen LogP contribution < -0.4 is 5.32 Å². The molecular formula is C14H19N3O2S2. The number of rotatable bonds is 7. The van der Waals surface area contributed by atoms with Crippen molar-refractivity contribution in [2.45, 2.75) is 25.3 Å². The van der Waals surface area contributed by atoms with E-state index in [1.165, 1.54) is 4.31 Å². The molecule has 2 rings (SSSR count). The van der Waals surface area contributed by atoms with E-state index in [2.05, 4.69) is 10.3 Å². The second kappa shape index (κ2) is 7.02. The summed E-state index contributed by atoms with van der Waals surface area (Å²) < 4.78 is 27.1. The Morgan fingerprint density at radius 2 is 2.10 bits per heavy atom. The van der Waals surface area contributed by atoms with Crippen molar-refractivity contribution in [3.8, 4) is 0 Å². The van der Waals surface area contributed by atoms with Gasteiger partial charge < -0.3 is 5.32 Å². The summed E-state index contributed by atoms with van der Waals surface area (Å²) in [4.78, 5) is 5.38. The fourth-order valence-electron chi connectivity index (χ4n) is 1.98. The molecule has 2 aromatic rings. The van der Waals surface area contributed by atoms with Gasteiger partial charge in [-0.25, -0.2) is 13.4 Å². The van der Waals surface area contributed by atoms with Gasteiger partial charge in [0.25, 0.3) is 0 Å². The molecular weight excluding hydrogens is 306 g/mol. The summed E-state index contributed by atoms with van der Waals surface area (Å²) in [6.45, 7) is 5.18. The first-order valence-corrected chi connectivity index (χ1v) is 9.13. The van der Waals surface area contributed by atoms with Crippen LogP contribution in [0, 0.1) is 0 Å². The third-order valence-electron chi connectivity index (χ3n) is 3.00. The lowest BCUT2D eigenvalue weighted by Gasteiger charge is -2.21. The minimum absolute atomic E-state index is 0.227. The molecule has 2 aromatic heterocycles. The van der Waals surface area contributed by atoms with Crippen molar-refractivity contribution < 1.29 is 8.42 Å². The van der Waals surface area contributed by atoms with Crippen LogP contribution >= 0.6 is 11.3 Å². The van der Waals surface area contributed by atoms with Crippen molar-refractivity contribution in [3.63, 3.8) is 0 Å². The van der Waals surface area contributed by atoms with Crippen LogP contribution in [0.25, 0.3) is 0 Å². The van der Waals surface area contributed by atoms with E-state index in [1.807, 2.05) is 31.4 Å². The zero-order valence-electron chi connectivity index (χ0n) is 12.1. The summed E-state index contributed by atoms with van der Waals surface area (Å²) >= 11 is 1.56. The third-order valence-corrected chi connectivity index (χ3v) is 5.81. The van der Waals surface area contributed by atoms with Gasteiger partial charge in [-0.3, -0.25) is 0 Å². The Hall–Kier alpha value is -1.44. The Balaban J connectivity index is 2.35. The molecule has 5 nitrogen and oxygen atoms in total. The lowest BCUT2D eigenvalue weighted by atomic mass is 10.4. The zero-order valence-corrected chi connectivity index (χ0v) is 13.7. The Bertz CT molecular complexity index is 669. The number of anilines is 1. The highest BCUT2D eigenvalue weighted by molar-refractivity contribution is 7.89. The van der Waals surface area contributed by atoms with Crippen molar-refractivity contribution in [2.24, 2.45) is 0 Å². The van der Waals surface area contributed by atoms with Crippen molar-refractivity contribution >= 4 is 27.2 Å². The average Bonchev–Trinajstić information content (AvgIpc) is 2.98. The van der Waals surface area contributed by atoms with Gasteiger partial charge in [-0.2, -0.15) is 4.31 Å². The van der Waals surface area contributed by atoms with Crippen LogP contribution in [0.4, 0.5) is 5.82 Å². The van der Waals surface area contributed by atoms with E-state index in [9.17, 15) is 8.42 Å². The van der Waals surface area contributed by atoms with Crippen LogP contribution in [-0.4, -0.2) is 30.8 Å². The summed E-state index contributed by atoms with van der Waals surface area (Å²) in [5.41, 5.74) is 0. The molecule has 0 aromatic carbocycles. The molecule has 0 aliphatic rings. The molecule has 0 amide bonds. The maximum atomic E-state index is 12.8. The molecule has 0 aliphatic carbocycles. The number of hydrogen-bond donors (Lipinski definition) is 1. The molecule has 0 unspecified atom stereocenters. The first kappa shape index (κ1) is 15.9. The molecule has 0 spiro atoms. The van der Waals surface area contributed by atoms with Crippen molar-refractivity contribution in [1.82, 2.24) is 9.29 Å². The zero-order chi connectivity index (χ0) is 15.3. The lowest BCUT2D eigenvalue weighted by molar-refractivity contribution is 0.426. The molecule has 0 saturated carbocycles. The van der Waals surface area contributed by atoms with E-state index in [0.29, 0.717) is 25.5 Å². The Morgan fingerprint density at radius 3 is 2.71 bits per heavy atom. The molecule has 0 aliphatic heterocycles. The monoisotopic (exact) mass is 325 g/mol. The highest BCUT2D eigenvalue weighted by atomic mass is 32.2. The standard InChI is InChI=1S/C14H19N3O2S2/c1-3-15-14-13(8-5-9-16-14)21(18,19)17(4-2)11-12-7-6-10-20-12/h5-10H,3-4,11H2,1-2H3,(H,15,16). The van der Waals surface area contributed by atoms with Crippen molar-refractivity contribution in [1.29, 1.82) is 0 Å². The first-order chi connectivity index (χ1) is 10.1. The van der Waals surface area contributed by atoms with Crippen LogP contribution in [0.5, 0.6) is 0 Å². The van der Waals surface area contributed by atoms with Crippen molar-refractivity contribution in [2.75, 3.05) is 18.4 Å². The average molecular weight is 325 g/mol. The summed E-state index contributed by atoms with van der Waals surface area (Å²) in [6.07, 6.45) is 1.59. The van der Waals surface area contributed by atoms with Gasteiger partial charge in [0.1, 0.15) is 10.7 Å². The van der Waals surface area contributed by atoms with E-state index >= 15 is 0 Å². The fraction of sp³-hybridized carbons (Fsp3) is 0.357.